The minimum absolute atomic E-state index is 0.245. The van der Waals surface area contributed by atoms with Crippen LogP contribution in [0, 0.1) is 12.8 Å². The fourth-order valence-corrected chi connectivity index (χ4v) is 8.39. The molecule has 3 aromatic carbocycles. The Hall–Kier alpha value is -4.06. The number of rotatable bonds is 7. The molecule has 1 N–H and O–H groups in total. The van der Waals surface area contributed by atoms with Crippen molar-refractivity contribution in [3.05, 3.63) is 97.4 Å². The van der Waals surface area contributed by atoms with Crippen molar-refractivity contribution in [2.75, 3.05) is 24.4 Å². The SMILES string of the molecule is COc1ccc([C@@H]2c3sc(=O)n(CC(=O)Nc4ccc(C)cc4)c3S[C@@H]3C(=O)N(c4ccc(Cl)cc4)C(=O)[C@H]23)cc1OC. The number of aromatic nitrogens is 1. The van der Waals surface area contributed by atoms with E-state index in [1.165, 1.54) is 23.7 Å². The van der Waals surface area contributed by atoms with Gasteiger partial charge in [0.15, 0.2) is 11.5 Å². The number of aryl methyl sites for hydroxylation is 1. The predicted molar refractivity (Wildman–Crippen MR) is 167 cm³/mol. The molecule has 1 aromatic heterocycles. The molecule has 3 atom stereocenters. The van der Waals surface area contributed by atoms with Gasteiger partial charge in [0, 0.05) is 21.5 Å². The molecule has 6 rings (SSSR count). The molecule has 1 fully saturated rings. The number of amides is 3. The number of halogens is 1. The zero-order chi connectivity index (χ0) is 30.4. The van der Waals surface area contributed by atoms with Gasteiger partial charge in [0.2, 0.25) is 17.7 Å². The van der Waals surface area contributed by atoms with Crippen LogP contribution in [-0.4, -0.2) is 41.8 Å². The second kappa shape index (κ2) is 11.6. The number of carbonyl (C=O) groups is 3. The third kappa shape index (κ3) is 5.21. The van der Waals surface area contributed by atoms with E-state index in [-0.39, 0.29) is 23.2 Å². The Morgan fingerprint density at radius 2 is 1.63 bits per heavy atom. The summed E-state index contributed by atoms with van der Waals surface area (Å²) in [5.41, 5.74) is 2.76. The third-order valence-corrected chi connectivity index (χ3v) is 10.4. The Kier molecular flexibility index (Phi) is 7.80. The maximum atomic E-state index is 14.1. The number of methoxy groups -OCH3 is 2. The van der Waals surface area contributed by atoms with Crippen molar-refractivity contribution in [2.24, 2.45) is 5.92 Å². The fourth-order valence-electron chi connectivity index (χ4n) is 5.49. The van der Waals surface area contributed by atoms with E-state index in [4.69, 9.17) is 21.1 Å². The largest absolute Gasteiger partial charge is 0.493 e. The van der Waals surface area contributed by atoms with Crippen LogP contribution in [0.2, 0.25) is 5.02 Å². The lowest BCUT2D eigenvalue weighted by atomic mass is 9.83. The second-order valence-corrected chi connectivity index (χ2v) is 12.7. The maximum absolute atomic E-state index is 14.1. The molecule has 0 bridgehead atoms. The summed E-state index contributed by atoms with van der Waals surface area (Å²) in [5.74, 6) is -1.64. The Labute approximate surface area is 260 Å². The van der Waals surface area contributed by atoms with Gasteiger partial charge in [-0.1, -0.05) is 58.5 Å². The van der Waals surface area contributed by atoms with Crippen molar-refractivity contribution in [3.63, 3.8) is 0 Å². The number of hydrogen-bond donors (Lipinski definition) is 1. The number of imide groups is 1. The van der Waals surface area contributed by atoms with Gasteiger partial charge >= 0.3 is 4.87 Å². The van der Waals surface area contributed by atoms with Crippen molar-refractivity contribution in [1.82, 2.24) is 4.57 Å². The van der Waals surface area contributed by atoms with Gasteiger partial charge in [0.05, 0.1) is 30.9 Å². The standard InChI is InChI=1S/C31H26ClN3O6S2/c1-16-4-9-19(10-5-16)33-23(36)15-34-30-27(43-31(34)39)24(17-6-13-21(40-2)22(14-17)41-3)25-26(42-30)29(38)35(28(25)37)20-11-7-18(32)8-12-20/h4-14,24-26H,15H2,1-3H3,(H,33,36)/t24-,25+,26-/m0/s1. The molecule has 12 heteroatoms. The molecule has 3 heterocycles. The van der Waals surface area contributed by atoms with E-state index < -0.39 is 23.0 Å². The summed E-state index contributed by atoms with van der Waals surface area (Å²) < 4.78 is 12.3. The van der Waals surface area contributed by atoms with Crippen LogP contribution in [-0.2, 0) is 20.9 Å². The molecule has 9 nitrogen and oxygen atoms in total. The minimum Gasteiger partial charge on any atom is -0.493 e. The summed E-state index contributed by atoms with van der Waals surface area (Å²) in [6.07, 6.45) is 0. The predicted octanol–water partition coefficient (Wildman–Crippen LogP) is 5.32. The van der Waals surface area contributed by atoms with Crippen molar-refractivity contribution >= 4 is 63.8 Å². The summed E-state index contributed by atoms with van der Waals surface area (Å²) in [5, 5.41) is 2.98. The zero-order valence-electron chi connectivity index (χ0n) is 23.3. The van der Waals surface area contributed by atoms with Crippen LogP contribution >= 0.6 is 34.7 Å². The first-order valence-electron chi connectivity index (χ1n) is 13.3. The van der Waals surface area contributed by atoms with Crippen LogP contribution in [0.25, 0.3) is 0 Å². The molecule has 43 heavy (non-hydrogen) atoms. The number of thiazole rings is 1. The average molecular weight is 636 g/mol. The summed E-state index contributed by atoms with van der Waals surface area (Å²) in [4.78, 5) is 55.9. The van der Waals surface area contributed by atoms with Gasteiger partial charge in [-0.3, -0.25) is 23.7 Å². The Morgan fingerprint density at radius 3 is 2.30 bits per heavy atom. The van der Waals surface area contributed by atoms with E-state index in [1.54, 1.807) is 48.5 Å². The molecular formula is C31H26ClN3O6S2. The molecule has 3 amide bonds. The molecule has 0 radical (unpaired) electrons. The highest BCUT2D eigenvalue weighted by Crippen LogP contribution is 2.54. The van der Waals surface area contributed by atoms with Gasteiger partial charge in [-0.2, -0.15) is 0 Å². The lowest BCUT2D eigenvalue weighted by molar-refractivity contribution is -0.122. The Bertz CT molecular complexity index is 1800. The summed E-state index contributed by atoms with van der Waals surface area (Å²) in [6, 6.07) is 19.2. The highest BCUT2D eigenvalue weighted by Gasteiger charge is 2.57. The van der Waals surface area contributed by atoms with Crippen LogP contribution in [0.5, 0.6) is 11.5 Å². The molecule has 1 saturated heterocycles. The van der Waals surface area contributed by atoms with Gasteiger partial charge in [0.1, 0.15) is 11.8 Å². The Balaban J connectivity index is 1.43. The number of carbonyl (C=O) groups excluding carboxylic acids is 3. The first kappa shape index (κ1) is 29.0. The number of nitrogens with one attached hydrogen (secondary N) is 1. The molecule has 0 unspecified atom stereocenters. The molecule has 0 spiro atoms. The van der Waals surface area contributed by atoms with Gasteiger partial charge in [-0.15, -0.1) is 0 Å². The molecule has 4 aromatic rings. The maximum Gasteiger partial charge on any atom is 0.308 e. The van der Waals surface area contributed by atoms with Crippen LogP contribution < -0.4 is 24.6 Å². The molecule has 2 aliphatic rings. The average Bonchev–Trinajstić information content (AvgIpc) is 3.44. The molecular weight excluding hydrogens is 610 g/mol. The van der Waals surface area contributed by atoms with Crippen LogP contribution in [0.15, 0.2) is 76.6 Å². The molecule has 0 aliphatic carbocycles. The number of ether oxygens (including phenoxy) is 2. The highest BCUT2D eigenvalue weighted by molar-refractivity contribution is 8.00. The molecule has 220 valence electrons. The number of fused-ring (bicyclic) bond motifs is 2. The smallest absolute Gasteiger partial charge is 0.308 e. The number of hydrogen-bond acceptors (Lipinski definition) is 8. The monoisotopic (exact) mass is 635 g/mol. The van der Waals surface area contributed by atoms with Gasteiger partial charge in [0.25, 0.3) is 0 Å². The second-order valence-electron chi connectivity index (χ2n) is 10.2. The minimum atomic E-state index is -0.825. The van der Waals surface area contributed by atoms with E-state index in [1.807, 2.05) is 25.1 Å². The van der Waals surface area contributed by atoms with Crippen LogP contribution in [0.1, 0.15) is 21.9 Å². The zero-order valence-corrected chi connectivity index (χ0v) is 25.7. The van der Waals surface area contributed by atoms with Gasteiger partial charge in [-0.25, -0.2) is 4.90 Å². The van der Waals surface area contributed by atoms with E-state index in [0.717, 1.165) is 28.7 Å². The molecule has 0 saturated carbocycles. The van der Waals surface area contributed by atoms with Crippen LogP contribution in [0.3, 0.4) is 0 Å². The molecule has 2 aliphatic heterocycles. The first-order valence-corrected chi connectivity index (χ1v) is 15.4. The number of benzene rings is 3. The van der Waals surface area contributed by atoms with Crippen molar-refractivity contribution < 1.29 is 23.9 Å². The topological polar surface area (TPSA) is 107 Å². The number of anilines is 2. The number of nitrogens with zero attached hydrogens (tertiary/aromatic N) is 2. The number of thioether (sulfide) groups is 1. The normalized spacial score (nSPS) is 19.2. The fraction of sp³-hybridized carbons (Fsp3) is 0.226. The highest BCUT2D eigenvalue weighted by atomic mass is 35.5. The quantitative estimate of drug-likeness (QED) is 0.274. The van der Waals surface area contributed by atoms with Crippen molar-refractivity contribution in [3.8, 4) is 11.5 Å². The van der Waals surface area contributed by atoms with E-state index in [0.29, 0.717) is 43.4 Å². The van der Waals surface area contributed by atoms with Crippen molar-refractivity contribution in [2.45, 2.75) is 29.7 Å². The van der Waals surface area contributed by atoms with Gasteiger partial charge < -0.3 is 14.8 Å². The van der Waals surface area contributed by atoms with Crippen molar-refractivity contribution in [1.29, 1.82) is 0 Å². The lowest BCUT2D eigenvalue weighted by Crippen LogP contribution is -2.33. The van der Waals surface area contributed by atoms with Gasteiger partial charge in [-0.05, 0) is 61.0 Å². The summed E-state index contributed by atoms with van der Waals surface area (Å²) in [7, 11) is 3.04. The van der Waals surface area contributed by atoms with E-state index in [9.17, 15) is 19.2 Å². The van der Waals surface area contributed by atoms with Crippen LogP contribution in [0.4, 0.5) is 11.4 Å². The third-order valence-electron chi connectivity index (χ3n) is 7.54. The Morgan fingerprint density at radius 1 is 0.930 bits per heavy atom. The van der Waals surface area contributed by atoms with E-state index in [2.05, 4.69) is 5.32 Å². The lowest BCUT2D eigenvalue weighted by Gasteiger charge is -2.31. The first-order chi connectivity index (χ1) is 20.7. The van der Waals surface area contributed by atoms with E-state index >= 15 is 0 Å². The summed E-state index contributed by atoms with van der Waals surface area (Å²) in [6.45, 7) is 1.70. The summed E-state index contributed by atoms with van der Waals surface area (Å²) >= 11 is 8.20.